The molecule has 1 aromatic rings. The Labute approximate surface area is 140 Å². The third-order valence-electron chi connectivity index (χ3n) is 3.68. The number of halogens is 3. The fourth-order valence-electron chi connectivity index (χ4n) is 2.05. The highest BCUT2D eigenvalue weighted by Gasteiger charge is 2.56. The third kappa shape index (κ3) is 4.01. The smallest absolute Gasteiger partial charge is 0.422 e. The Balaban J connectivity index is 3.48. The predicted molar refractivity (Wildman–Crippen MR) is 87.6 cm³/mol. The van der Waals surface area contributed by atoms with Crippen LogP contribution in [-0.2, 0) is 5.60 Å². The van der Waals surface area contributed by atoms with Crippen molar-refractivity contribution in [2.75, 3.05) is 20.7 Å². The predicted octanol–water partition coefficient (Wildman–Crippen LogP) is 3.39. The van der Waals surface area contributed by atoms with Crippen LogP contribution in [0.25, 0.3) is 0 Å². The zero-order valence-corrected chi connectivity index (χ0v) is 14.1. The van der Waals surface area contributed by atoms with E-state index in [2.05, 4.69) is 4.99 Å². The molecule has 0 bridgehead atoms. The SMILES string of the molecule is C#CCC(O)(c1cc(C)c(N=CN(C)CC)cc1OC)C(F)(F)F. The Morgan fingerprint density at radius 2 is 2.04 bits per heavy atom. The Kier molecular flexibility index (Phi) is 6.27. The average Bonchev–Trinajstić information content (AvgIpc) is 2.52. The number of hydrogen-bond acceptors (Lipinski definition) is 3. The molecule has 24 heavy (non-hydrogen) atoms. The number of rotatable bonds is 6. The lowest BCUT2D eigenvalue weighted by atomic mass is 9.87. The summed E-state index contributed by atoms with van der Waals surface area (Å²) in [6, 6.07) is 2.57. The molecule has 0 aliphatic heterocycles. The zero-order valence-electron chi connectivity index (χ0n) is 14.1. The molecule has 0 heterocycles. The molecule has 1 aromatic carbocycles. The van der Waals surface area contributed by atoms with Gasteiger partial charge in [0.1, 0.15) is 5.75 Å². The van der Waals surface area contributed by atoms with Crippen molar-refractivity contribution in [3.63, 3.8) is 0 Å². The second kappa shape index (κ2) is 7.58. The fourth-order valence-corrected chi connectivity index (χ4v) is 2.05. The van der Waals surface area contributed by atoms with Gasteiger partial charge in [0.15, 0.2) is 5.60 Å². The summed E-state index contributed by atoms with van der Waals surface area (Å²) in [6.07, 6.45) is 0.745. The van der Waals surface area contributed by atoms with Crippen molar-refractivity contribution in [3.8, 4) is 18.1 Å². The van der Waals surface area contributed by atoms with Crippen molar-refractivity contribution in [1.29, 1.82) is 0 Å². The van der Waals surface area contributed by atoms with E-state index in [1.54, 1.807) is 13.3 Å². The molecule has 0 aliphatic carbocycles. The maximum atomic E-state index is 13.4. The van der Waals surface area contributed by atoms with Crippen molar-refractivity contribution >= 4 is 12.0 Å². The number of aliphatic imine (C=N–C) groups is 1. The molecule has 1 rings (SSSR count). The third-order valence-corrected chi connectivity index (χ3v) is 3.68. The molecule has 1 N–H and O–H groups in total. The van der Waals surface area contributed by atoms with E-state index in [0.29, 0.717) is 11.3 Å². The number of terminal acetylenes is 1. The van der Waals surface area contributed by atoms with Gasteiger partial charge in [-0.2, -0.15) is 13.2 Å². The molecular weight excluding hydrogens is 321 g/mol. The lowest BCUT2D eigenvalue weighted by Crippen LogP contribution is -2.42. The van der Waals surface area contributed by atoms with Crippen molar-refractivity contribution in [1.82, 2.24) is 4.90 Å². The maximum absolute atomic E-state index is 13.4. The Morgan fingerprint density at radius 3 is 2.50 bits per heavy atom. The van der Waals surface area contributed by atoms with Crippen molar-refractivity contribution in [3.05, 3.63) is 23.3 Å². The average molecular weight is 342 g/mol. The fraction of sp³-hybridized carbons (Fsp3) is 0.471. The van der Waals surface area contributed by atoms with Gasteiger partial charge in [-0.25, -0.2) is 4.99 Å². The van der Waals surface area contributed by atoms with E-state index in [1.807, 2.05) is 24.8 Å². The normalized spacial score (nSPS) is 14.3. The van der Waals surface area contributed by atoms with Crippen LogP contribution in [0.5, 0.6) is 5.75 Å². The van der Waals surface area contributed by atoms with Crippen LogP contribution in [0.2, 0.25) is 0 Å². The van der Waals surface area contributed by atoms with Gasteiger partial charge in [0.2, 0.25) is 0 Å². The number of nitrogens with zero attached hydrogens (tertiary/aromatic N) is 2. The monoisotopic (exact) mass is 342 g/mol. The first-order valence-corrected chi connectivity index (χ1v) is 7.26. The summed E-state index contributed by atoms with van der Waals surface area (Å²) in [7, 11) is 3.05. The highest BCUT2D eigenvalue weighted by atomic mass is 19.4. The minimum atomic E-state index is -4.94. The molecule has 0 aliphatic rings. The first-order valence-electron chi connectivity index (χ1n) is 7.26. The number of aryl methyl sites for hydroxylation is 1. The molecule has 1 atom stereocenters. The van der Waals surface area contributed by atoms with E-state index < -0.39 is 23.8 Å². The molecule has 0 spiro atoms. The first-order chi connectivity index (χ1) is 11.1. The van der Waals surface area contributed by atoms with E-state index in [4.69, 9.17) is 11.2 Å². The summed E-state index contributed by atoms with van der Waals surface area (Å²) in [4.78, 5) is 6.04. The number of aliphatic hydroxyl groups is 1. The van der Waals surface area contributed by atoms with Gasteiger partial charge >= 0.3 is 6.18 Å². The molecule has 132 valence electrons. The quantitative estimate of drug-likeness (QED) is 0.490. The maximum Gasteiger partial charge on any atom is 0.422 e. The van der Waals surface area contributed by atoms with Crippen LogP contribution < -0.4 is 4.74 Å². The lowest BCUT2D eigenvalue weighted by Gasteiger charge is -2.31. The van der Waals surface area contributed by atoms with E-state index in [9.17, 15) is 18.3 Å². The van der Waals surface area contributed by atoms with Gasteiger partial charge in [0.05, 0.1) is 25.6 Å². The van der Waals surface area contributed by atoms with Gasteiger partial charge in [-0.3, -0.25) is 0 Å². The van der Waals surface area contributed by atoms with Gasteiger partial charge < -0.3 is 14.7 Å². The van der Waals surface area contributed by atoms with Gasteiger partial charge in [0, 0.05) is 25.2 Å². The number of hydrogen-bond donors (Lipinski definition) is 1. The van der Waals surface area contributed by atoms with Crippen molar-refractivity contribution in [2.24, 2.45) is 4.99 Å². The summed E-state index contributed by atoms with van der Waals surface area (Å²) in [6.45, 7) is 4.27. The summed E-state index contributed by atoms with van der Waals surface area (Å²) in [5.41, 5.74) is -2.69. The Morgan fingerprint density at radius 1 is 1.42 bits per heavy atom. The van der Waals surface area contributed by atoms with Crippen LogP contribution in [0.1, 0.15) is 24.5 Å². The van der Waals surface area contributed by atoms with Crippen LogP contribution in [0, 0.1) is 19.3 Å². The number of benzene rings is 1. The van der Waals surface area contributed by atoms with Gasteiger partial charge in [-0.05, 0) is 25.5 Å². The molecule has 1 unspecified atom stereocenters. The van der Waals surface area contributed by atoms with Crippen molar-refractivity contribution < 1.29 is 23.0 Å². The number of methoxy groups -OCH3 is 1. The summed E-state index contributed by atoms with van der Waals surface area (Å²) >= 11 is 0. The summed E-state index contributed by atoms with van der Waals surface area (Å²) < 4.78 is 45.2. The standard InChI is InChI=1S/C17H21F3N2O2/c1-6-8-16(23,17(18,19)20)13-9-12(3)14(10-15(13)24-5)21-11-22(4)7-2/h1,9-11,23H,7-8H2,2-5H3. The molecule has 0 saturated carbocycles. The van der Waals surface area contributed by atoms with Gasteiger partial charge in [-0.1, -0.05) is 0 Å². The van der Waals surface area contributed by atoms with E-state index in [1.165, 1.54) is 19.2 Å². The van der Waals surface area contributed by atoms with Crippen LogP contribution in [0.3, 0.4) is 0 Å². The molecule has 0 radical (unpaired) electrons. The van der Waals surface area contributed by atoms with Crippen molar-refractivity contribution in [2.45, 2.75) is 32.0 Å². The van der Waals surface area contributed by atoms with Crippen LogP contribution in [-0.4, -0.2) is 43.2 Å². The zero-order chi connectivity index (χ0) is 18.5. The lowest BCUT2D eigenvalue weighted by molar-refractivity contribution is -0.265. The topological polar surface area (TPSA) is 45.1 Å². The van der Waals surface area contributed by atoms with Crippen LogP contribution in [0.4, 0.5) is 18.9 Å². The Hall–Kier alpha value is -2.20. The number of alkyl halides is 3. The summed E-state index contributed by atoms with van der Waals surface area (Å²) in [5.74, 6) is 1.76. The second-order valence-corrected chi connectivity index (χ2v) is 5.40. The first kappa shape index (κ1) is 19.8. The molecular formula is C17H21F3N2O2. The second-order valence-electron chi connectivity index (χ2n) is 5.40. The molecule has 0 fully saturated rings. The molecule has 4 nitrogen and oxygen atoms in total. The van der Waals surface area contributed by atoms with E-state index >= 15 is 0 Å². The largest absolute Gasteiger partial charge is 0.496 e. The highest BCUT2D eigenvalue weighted by Crippen LogP contribution is 2.46. The minimum absolute atomic E-state index is 0.123. The van der Waals surface area contributed by atoms with E-state index in [-0.39, 0.29) is 5.75 Å². The van der Waals surface area contributed by atoms with Crippen LogP contribution in [0.15, 0.2) is 17.1 Å². The molecule has 0 aromatic heterocycles. The minimum Gasteiger partial charge on any atom is -0.496 e. The van der Waals surface area contributed by atoms with Gasteiger partial charge in [0.25, 0.3) is 0 Å². The van der Waals surface area contributed by atoms with E-state index in [0.717, 1.165) is 6.54 Å². The highest BCUT2D eigenvalue weighted by molar-refractivity contribution is 5.65. The van der Waals surface area contributed by atoms with Crippen LogP contribution >= 0.6 is 0 Å². The van der Waals surface area contributed by atoms with Gasteiger partial charge in [-0.15, -0.1) is 12.3 Å². The summed E-state index contributed by atoms with van der Waals surface area (Å²) in [5, 5.41) is 10.2. The molecule has 0 amide bonds. The number of ether oxygens (including phenoxy) is 1. The Bertz CT molecular complexity index is 650. The molecule has 0 saturated heterocycles. The molecule has 7 heteroatoms.